The number of carbonyl (C=O) groups is 2. The molecule has 146 valence electrons. The second kappa shape index (κ2) is 7.49. The second-order valence-corrected chi connectivity index (χ2v) is 7.43. The fourth-order valence-corrected chi connectivity index (χ4v) is 3.74. The Kier molecular flexibility index (Phi) is 4.53. The molecule has 7 nitrogen and oxygen atoms in total. The molecule has 2 amide bonds. The van der Waals surface area contributed by atoms with Crippen molar-refractivity contribution in [2.24, 2.45) is 0 Å². The Bertz CT molecular complexity index is 1310. The normalized spacial score (nSPS) is 15.0. The number of furan rings is 1. The van der Waals surface area contributed by atoms with Crippen molar-refractivity contribution in [2.45, 2.75) is 0 Å². The molecule has 1 N–H and O–H groups in total. The Morgan fingerprint density at radius 1 is 1.00 bits per heavy atom. The van der Waals surface area contributed by atoms with Crippen LogP contribution in [0.5, 0.6) is 11.5 Å². The average molecular weight is 415 g/mol. The molecule has 1 saturated heterocycles. The van der Waals surface area contributed by atoms with Gasteiger partial charge in [0.05, 0.1) is 4.91 Å². The van der Waals surface area contributed by atoms with Crippen molar-refractivity contribution in [2.75, 3.05) is 0 Å². The summed E-state index contributed by atoms with van der Waals surface area (Å²) in [6.45, 7) is 0. The van der Waals surface area contributed by atoms with Crippen LogP contribution >= 0.6 is 11.8 Å². The summed E-state index contributed by atoms with van der Waals surface area (Å²) in [5.41, 5.74) is 2.29. The fraction of sp³-hybridized carbons (Fsp3) is 0. The molecule has 3 aromatic heterocycles. The van der Waals surface area contributed by atoms with Gasteiger partial charge in [0.15, 0.2) is 0 Å². The number of ether oxygens (including phenoxy) is 1. The molecule has 4 aromatic rings. The van der Waals surface area contributed by atoms with E-state index in [1.165, 1.54) is 0 Å². The van der Waals surface area contributed by atoms with Crippen LogP contribution in [0.15, 0.2) is 76.6 Å². The van der Waals surface area contributed by atoms with E-state index in [9.17, 15) is 9.59 Å². The molecule has 1 aliphatic rings. The lowest BCUT2D eigenvalue weighted by Gasteiger charge is -2.08. The fourth-order valence-electron chi connectivity index (χ4n) is 3.08. The average Bonchev–Trinajstić information content (AvgIpc) is 3.30. The van der Waals surface area contributed by atoms with E-state index in [1.54, 1.807) is 49.1 Å². The van der Waals surface area contributed by atoms with Gasteiger partial charge in [-0.2, -0.15) is 0 Å². The van der Waals surface area contributed by atoms with E-state index in [4.69, 9.17) is 9.15 Å². The van der Waals surface area contributed by atoms with Crippen LogP contribution in [0.3, 0.4) is 0 Å². The van der Waals surface area contributed by atoms with Crippen LogP contribution in [0, 0.1) is 0 Å². The molecular weight excluding hydrogens is 402 g/mol. The second-order valence-electron chi connectivity index (χ2n) is 6.42. The van der Waals surface area contributed by atoms with Gasteiger partial charge in [0.25, 0.3) is 11.1 Å². The monoisotopic (exact) mass is 415 g/mol. The number of nitrogens with one attached hydrogen (secondary N) is 1. The Labute approximate surface area is 174 Å². The summed E-state index contributed by atoms with van der Waals surface area (Å²) in [6, 6.07) is 12.9. The standard InChI is InChI=1S/C22H13N3O4S/c26-21-19(30-22(27)25-21)10-17-9-14-11-24-12-18(20(14)29-17)13-2-1-3-16(8-13)28-15-4-6-23-7-5-15/h1-12H,(H,25,26,27)/b19-10-. The van der Waals surface area contributed by atoms with Gasteiger partial charge in [-0.1, -0.05) is 12.1 Å². The first-order chi connectivity index (χ1) is 14.7. The highest BCUT2D eigenvalue weighted by Crippen LogP contribution is 2.34. The molecule has 4 heterocycles. The number of rotatable bonds is 4. The number of benzene rings is 1. The summed E-state index contributed by atoms with van der Waals surface area (Å²) in [5.74, 6) is 1.40. The number of carbonyl (C=O) groups excluding carboxylic acids is 2. The topological polar surface area (TPSA) is 94.3 Å². The lowest BCUT2D eigenvalue weighted by atomic mass is 10.1. The Morgan fingerprint density at radius 2 is 1.87 bits per heavy atom. The van der Waals surface area contributed by atoms with Crippen LogP contribution in [0.4, 0.5) is 4.79 Å². The zero-order valence-corrected chi connectivity index (χ0v) is 16.2. The largest absolute Gasteiger partial charge is 0.457 e. The van der Waals surface area contributed by atoms with Gasteiger partial charge in [0.1, 0.15) is 22.8 Å². The van der Waals surface area contributed by atoms with E-state index in [2.05, 4.69) is 15.3 Å². The third-order valence-corrected chi connectivity index (χ3v) is 5.20. The van der Waals surface area contributed by atoms with Gasteiger partial charge in [-0.15, -0.1) is 0 Å². The van der Waals surface area contributed by atoms with Gasteiger partial charge in [0, 0.05) is 41.8 Å². The minimum Gasteiger partial charge on any atom is -0.457 e. The first-order valence-corrected chi connectivity index (χ1v) is 9.78. The zero-order chi connectivity index (χ0) is 20.5. The summed E-state index contributed by atoms with van der Waals surface area (Å²) in [7, 11) is 0. The lowest BCUT2D eigenvalue weighted by molar-refractivity contribution is -0.115. The first-order valence-electron chi connectivity index (χ1n) is 8.96. The van der Waals surface area contributed by atoms with Crippen molar-refractivity contribution in [3.63, 3.8) is 0 Å². The number of imide groups is 1. The highest BCUT2D eigenvalue weighted by Gasteiger charge is 2.25. The number of hydrogen-bond donors (Lipinski definition) is 1. The molecule has 0 radical (unpaired) electrons. The summed E-state index contributed by atoms with van der Waals surface area (Å²) in [6.07, 6.45) is 8.29. The molecule has 0 aliphatic carbocycles. The van der Waals surface area contributed by atoms with E-state index in [-0.39, 0.29) is 0 Å². The smallest absolute Gasteiger partial charge is 0.290 e. The molecule has 8 heteroatoms. The molecule has 1 aliphatic heterocycles. The van der Waals surface area contributed by atoms with Gasteiger partial charge < -0.3 is 9.15 Å². The predicted molar refractivity (Wildman–Crippen MR) is 113 cm³/mol. The van der Waals surface area contributed by atoms with E-state index in [0.29, 0.717) is 27.7 Å². The number of nitrogens with zero attached hydrogens (tertiary/aromatic N) is 2. The third kappa shape index (κ3) is 3.56. The molecular formula is C22H13N3O4S. The van der Waals surface area contributed by atoms with Gasteiger partial charge in [-0.25, -0.2) is 0 Å². The minimum absolute atomic E-state index is 0.293. The predicted octanol–water partition coefficient (Wildman–Crippen LogP) is 5.01. The van der Waals surface area contributed by atoms with Crippen LogP contribution in [0.25, 0.3) is 28.2 Å². The maximum absolute atomic E-state index is 11.8. The van der Waals surface area contributed by atoms with Crippen LogP contribution in [0.1, 0.15) is 5.76 Å². The highest BCUT2D eigenvalue weighted by atomic mass is 32.2. The molecule has 5 rings (SSSR count). The van der Waals surface area contributed by atoms with E-state index >= 15 is 0 Å². The lowest BCUT2D eigenvalue weighted by Crippen LogP contribution is -2.17. The van der Waals surface area contributed by atoms with E-state index < -0.39 is 11.1 Å². The van der Waals surface area contributed by atoms with Crippen molar-refractivity contribution in [1.29, 1.82) is 0 Å². The van der Waals surface area contributed by atoms with Crippen molar-refractivity contribution in [3.8, 4) is 22.6 Å². The van der Waals surface area contributed by atoms with Crippen LogP contribution in [-0.2, 0) is 4.79 Å². The zero-order valence-electron chi connectivity index (χ0n) is 15.4. The summed E-state index contributed by atoms with van der Waals surface area (Å²) >= 11 is 0.847. The molecule has 1 aromatic carbocycles. The molecule has 0 atom stereocenters. The van der Waals surface area contributed by atoms with Crippen molar-refractivity contribution in [1.82, 2.24) is 15.3 Å². The Hall–Kier alpha value is -3.91. The number of thioether (sulfide) groups is 1. The molecule has 0 saturated carbocycles. The summed E-state index contributed by atoms with van der Waals surface area (Å²) in [4.78, 5) is 31.7. The number of fused-ring (bicyclic) bond motifs is 1. The van der Waals surface area contributed by atoms with E-state index in [0.717, 1.165) is 28.3 Å². The quantitative estimate of drug-likeness (QED) is 0.468. The number of hydrogen-bond acceptors (Lipinski definition) is 7. The van der Waals surface area contributed by atoms with Gasteiger partial charge in [0.2, 0.25) is 0 Å². The summed E-state index contributed by atoms with van der Waals surface area (Å²) in [5, 5.41) is 2.62. The molecule has 1 fully saturated rings. The maximum atomic E-state index is 11.8. The Morgan fingerprint density at radius 3 is 2.67 bits per heavy atom. The van der Waals surface area contributed by atoms with Crippen LogP contribution in [-0.4, -0.2) is 21.1 Å². The number of amides is 2. The first kappa shape index (κ1) is 18.1. The minimum atomic E-state index is -0.426. The Balaban J connectivity index is 1.51. The van der Waals surface area contributed by atoms with Crippen molar-refractivity contribution in [3.05, 3.63) is 77.9 Å². The van der Waals surface area contributed by atoms with Gasteiger partial charge in [-0.05, 0) is 47.7 Å². The van der Waals surface area contributed by atoms with Crippen LogP contribution < -0.4 is 10.1 Å². The van der Waals surface area contributed by atoms with Gasteiger partial charge >= 0.3 is 0 Å². The van der Waals surface area contributed by atoms with Crippen LogP contribution in [0.2, 0.25) is 0 Å². The third-order valence-electron chi connectivity index (χ3n) is 4.39. The number of pyridine rings is 2. The molecule has 0 bridgehead atoms. The van der Waals surface area contributed by atoms with Crippen molar-refractivity contribution < 1.29 is 18.7 Å². The SMILES string of the molecule is O=C1NC(=O)/C(=C/c2cc3cncc(-c4cccc(Oc5ccncc5)c4)c3o2)S1. The molecule has 0 spiro atoms. The van der Waals surface area contributed by atoms with Crippen molar-refractivity contribution >= 4 is 40.0 Å². The maximum Gasteiger partial charge on any atom is 0.290 e. The van der Waals surface area contributed by atoms with Gasteiger partial charge in [-0.3, -0.25) is 24.9 Å². The highest BCUT2D eigenvalue weighted by molar-refractivity contribution is 8.18. The molecule has 0 unspecified atom stereocenters. The molecule has 30 heavy (non-hydrogen) atoms. The summed E-state index contributed by atoms with van der Waals surface area (Å²) < 4.78 is 11.9. The van der Waals surface area contributed by atoms with E-state index in [1.807, 2.05) is 24.3 Å². The number of aromatic nitrogens is 2.